The molecule has 0 heterocycles. The molecule has 5 heteroatoms. The van der Waals surface area contributed by atoms with Gasteiger partial charge in [-0.2, -0.15) is 0 Å². The van der Waals surface area contributed by atoms with Gasteiger partial charge in [0, 0.05) is 0 Å². The van der Waals surface area contributed by atoms with E-state index in [0.717, 1.165) is 6.54 Å². The van der Waals surface area contributed by atoms with E-state index in [1.165, 1.54) is 7.11 Å². The Hall–Kier alpha value is -1.07. The van der Waals surface area contributed by atoms with Crippen LogP contribution >= 0.6 is 0 Å². The summed E-state index contributed by atoms with van der Waals surface area (Å²) in [5.41, 5.74) is 0. The Morgan fingerprint density at radius 2 is 2.00 bits per heavy atom. The molecule has 0 aromatic heterocycles. The van der Waals surface area contributed by atoms with Crippen LogP contribution in [0.4, 0.5) is 0 Å². The molecular weight excluding hydrogens is 238 g/mol. The predicted octanol–water partition coefficient (Wildman–Crippen LogP) is 1.47. The second-order valence-electron chi connectivity index (χ2n) is 3.68. The molecule has 0 amide bonds. The summed E-state index contributed by atoms with van der Waals surface area (Å²) in [5, 5.41) is 3.11. The SMILES string of the molecule is CCNCCCS(=O)(=O)c1ccccc1OC. The quantitative estimate of drug-likeness (QED) is 0.752. The first-order chi connectivity index (χ1) is 8.11. The molecule has 1 aromatic carbocycles. The number of sulfone groups is 1. The third kappa shape index (κ3) is 4.02. The molecule has 0 aliphatic rings. The van der Waals surface area contributed by atoms with Crippen molar-refractivity contribution in [2.24, 2.45) is 0 Å². The van der Waals surface area contributed by atoms with Gasteiger partial charge >= 0.3 is 0 Å². The summed E-state index contributed by atoms with van der Waals surface area (Å²) in [6, 6.07) is 6.72. The zero-order chi connectivity index (χ0) is 12.7. The predicted molar refractivity (Wildman–Crippen MR) is 68.2 cm³/mol. The summed E-state index contributed by atoms with van der Waals surface area (Å²) in [7, 11) is -1.77. The topological polar surface area (TPSA) is 55.4 Å². The van der Waals surface area contributed by atoms with Crippen molar-refractivity contribution < 1.29 is 13.2 Å². The first-order valence-electron chi connectivity index (χ1n) is 5.68. The van der Waals surface area contributed by atoms with Gasteiger partial charge in [-0.3, -0.25) is 0 Å². The minimum atomic E-state index is -3.25. The Morgan fingerprint density at radius 1 is 1.29 bits per heavy atom. The molecule has 0 fully saturated rings. The standard InChI is InChI=1S/C12H19NO3S/c1-3-13-9-6-10-17(14,15)12-8-5-4-7-11(12)16-2/h4-5,7-8,13H,3,6,9-10H2,1-2H3. The third-order valence-corrected chi connectivity index (χ3v) is 4.25. The smallest absolute Gasteiger partial charge is 0.182 e. The van der Waals surface area contributed by atoms with Crippen molar-refractivity contribution in [3.05, 3.63) is 24.3 Å². The fourth-order valence-electron chi connectivity index (χ4n) is 1.55. The van der Waals surface area contributed by atoms with Gasteiger partial charge < -0.3 is 10.1 Å². The lowest BCUT2D eigenvalue weighted by Crippen LogP contribution is -2.18. The van der Waals surface area contributed by atoms with E-state index in [9.17, 15) is 8.42 Å². The highest BCUT2D eigenvalue weighted by Gasteiger charge is 2.18. The molecule has 4 nitrogen and oxygen atoms in total. The molecule has 0 bridgehead atoms. The highest BCUT2D eigenvalue weighted by atomic mass is 32.2. The number of hydrogen-bond donors (Lipinski definition) is 1. The van der Waals surface area contributed by atoms with Gasteiger partial charge in [-0.1, -0.05) is 19.1 Å². The largest absolute Gasteiger partial charge is 0.495 e. The van der Waals surface area contributed by atoms with Gasteiger partial charge in [-0.05, 0) is 31.6 Å². The van der Waals surface area contributed by atoms with E-state index in [-0.39, 0.29) is 10.6 Å². The molecule has 1 aromatic rings. The van der Waals surface area contributed by atoms with Gasteiger partial charge in [0.05, 0.1) is 12.9 Å². The summed E-state index contributed by atoms with van der Waals surface area (Å²) < 4.78 is 29.2. The number of ether oxygens (including phenoxy) is 1. The molecule has 0 aliphatic carbocycles. The molecule has 0 spiro atoms. The lowest BCUT2D eigenvalue weighted by atomic mass is 10.3. The van der Waals surface area contributed by atoms with Crippen LogP contribution in [0.2, 0.25) is 0 Å². The molecular formula is C12H19NO3S. The van der Waals surface area contributed by atoms with Gasteiger partial charge in [0.2, 0.25) is 0 Å². The van der Waals surface area contributed by atoms with E-state index in [0.29, 0.717) is 18.7 Å². The van der Waals surface area contributed by atoms with E-state index < -0.39 is 9.84 Å². The number of hydrogen-bond acceptors (Lipinski definition) is 4. The first-order valence-corrected chi connectivity index (χ1v) is 7.33. The van der Waals surface area contributed by atoms with Crippen LogP contribution in [0, 0.1) is 0 Å². The van der Waals surface area contributed by atoms with E-state index in [1.54, 1.807) is 24.3 Å². The van der Waals surface area contributed by atoms with E-state index >= 15 is 0 Å². The maximum absolute atomic E-state index is 12.1. The van der Waals surface area contributed by atoms with Gasteiger partial charge in [-0.25, -0.2) is 8.42 Å². The fraction of sp³-hybridized carbons (Fsp3) is 0.500. The van der Waals surface area contributed by atoms with Crippen molar-refractivity contribution >= 4 is 9.84 Å². The van der Waals surface area contributed by atoms with E-state index in [4.69, 9.17) is 4.74 Å². The second-order valence-corrected chi connectivity index (χ2v) is 5.75. The number of methoxy groups -OCH3 is 1. The van der Waals surface area contributed by atoms with Crippen LogP contribution in [0.15, 0.2) is 29.2 Å². The first kappa shape index (κ1) is 14.0. The van der Waals surface area contributed by atoms with Crippen LogP contribution in [0.25, 0.3) is 0 Å². The highest BCUT2D eigenvalue weighted by molar-refractivity contribution is 7.91. The summed E-state index contributed by atoms with van der Waals surface area (Å²) in [5.74, 6) is 0.552. The zero-order valence-electron chi connectivity index (χ0n) is 10.3. The molecule has 1 N–H and O–H groups in total. The van der Waals surface area contributed by atoms with E-state index in [1.807, 2.05) is 6.92 Å². The Morgan fingerprint density at radius 3 is 2.65 bits per heavy atom. The van der Waals surface area contributed by atoms with Gasteiger partial charge in [0.25, 0.3) is 0 Å². The van der Waals surface area contributed by atoms with Crippen LogP contribution in [-0.2, 0) is 9.84 Å². The average molecular weight is 257 g/mol. The molecule has 1 rings (SSSR count). The van der Waals surface area contributed by atoms with Gasteiger partial charge in [0.15, 0.2) is 9.84 Å². The molecule has 0 saturated carbocycles. The van der Waals surface area contributed by atoms with Crippen LogP contribution in [0.5, 0.6) is 5.75 Å². The number of rotatable bonds is 7. The van der Waals surface area contributed by atoms with Crippen LogP contribution < -0.4 is 10.1 Å². The maximum atomic E-state index is 12.1. The van der Waals surface area contributed by atoms with E-state index in [2.05, 4.69) is 5.32 Å². The summed E-state index contributed by atoms with van der Waals surface area (Å²) >= 11 is 0. The van der Waals surface area contributed by atoms with Crippen molar-refractivity contribution in [1.29, 1.82) is 0 Å². The lowest BCUT2D eigenvalue weighted by Gasteiger charge is -2.09. The van der Waals surface area contributed by atoms with Crippen LogP contribution in [0.3, 0.4) is 0 Å². The van der Waals surface area contributed by atoms with Crippen molar-refractivity contribution in [2.45, 2.75) is 18.2 Å². The normalized spacial score (nSPS) is 11.4. The zero-order valence-corrected chi connectivity index (χ0v) is 11.1. The average Bonchev–Trinajstić information content (AvgIpc) is 2.34. The second kappa shape index (κ2) is 6.61. The lowest BCUT2D eigenvalue weighted by molar-refractivity contribution is 0.402. The van der Waals surface area contributed by atoms with Crippen molar-refractivity contribution in [3.63, 3.8) is 0 Å². The third-order valence-electron chi connectivity index (χ3n) is 2.42. The van der Waals surface area contributed by atoms with Crippen molar-refractivity contribution in [3.8, 4) is 5.75 Å². The number of nitrogens with one attached hydrogen (secondary N) is 1. The molecule has 17 heavy (non-hydrogen) atoms. The Bertz CT molecular complexity index is 443. The molecule has 0 unspecified atom stereocenters. The Labute approximate surface area is 103 Å². The maximum Gasteiger partial charge on any atom is 0.182 e. The summed E-state index contributed by atoms with van der Waals surface area (Å²) in [6.07, 6.45) is 0.605. The number of para-hydroxylation sites is 1. The Balaban J connectivity index is 2.75. The molecule has 0 atom stereocenters. The van der Waals surface area contributed by atoms with Crippen molar-refractivity contribution in [1.82, 2.24) is 5.32 Å². The molecule has 0 aliphatic heterocycles. The monoisotopic (exact) mass is 257 g/mol. The minimum absolute atomic E-state index is 0.139. The highest BCUT2D eigenvalue weighted by Crippen LogP contribution is 2.24. The summed E-state index contributed by atoms with van der Waals surface area (Å²) in [4.78, 5) is 0.277. The fourth-order valence-corrected chi connectivity index (χ4v) is 3.04. The number of benzene rings is 1. The van der Waals surface area contributed by atoms with Gasteiger partial charge in [0.1, 0.15) is 10.6 Å². The molecule has 96 valence electrons. The van der Waals surface area contributed by atoms with Crippen molar-refractivity contribution in [2.75, 3.05) is 26.0 Å². The Kier molecular flexibility index (Phi) is 5.44. The van der Waals surface area contributed by atoms with Crippen LogP contribution in [-0.4, -0.2) is 34.4 Å². The minimum Gasteiger partial charge on any atom is -0.495 e. The van der Waals surface area contributed by atoms with Crippen LogP contribution in [0.1, 0.15) is 13.3 Å². The molecule has 0 radical (unpaired) electrons. The van der Waals surface area contributed by atoms with Gasteiger partial charge in [-0.15, -0.1) is 0 Å². The summed E-state index contributed by atoms with van der Waals surface area (Å²) in [6.45, 7) is 3.56. The molecule has 0 saturated heterocycles.